The van der Waals surface area contributed by atoms with Crippen molar-refractivity contribution < 1.29 is 12.8 Å². The number of hydrogen-bond donors (Lipinski definition) is 2. The van der Waals surface area contributed by atoms with Gasteiger partial charge in [-0.2, -0.15) is 0 Å². The van der Waals surface area contributed by atoms with Crippen LogP contribution in [0.25, 0.3) is 0 Å². The first-order valence-corrected chi connectivity index (χ1v) is 8.03. The van der Waals surface area contributed by atoms with Gasteiger partial charge in [0.15, 0.2) is 0 Å². The maximum Gasteiger partial charge on any atom is 0.261 e. The SMILES string of the molecule is NCc1ccc(S(=O)(=O)Nc2cc(F)cc(Cl)c2)cc1Cl. The second kappa shape index (κ2) is 6.19. The minimum absolute atomic E-state index is 0.0269. The van der Waals surface area contributed by atoms with Gasteiger partial charge in [0.1, 0.15) is 5.82 Å². The first-order valence-electron chi connectivity index (χ1n) is 5.79. The van der Waals surface area contributed by atoms with Crippen molar-refractivity contribution in [3.8, 4) is 0 Å². The third kappa shape index (κ3) is 3.85. The molecule has 2 aromatic rings. The highest BCUT2D eigenvalue weighted by molar-refractivity contribution is 7.92. The predicted octanol–water partition coefficient (Wildman–Crippen LogP) is 3.39. The molecule has 0 amide bonds. The van der Waals surface area contributed by atoms with Crippen LogP contribution in [0.1, 0.15) is 5.56 Å². The van der Waals surface area contributed by atoms with Crippen LogP contribution in [0.15, 0.2) is 41.3 Å². The number of hydrogen-bond acceptors (Lipinski definition) is 3. The summed E-state index contributed by atoms with van der Waals surface area (Å²) in [5.74, 6) is -0.642. The van der Waals surface area contributed by atoms with Gasteiger partial charge in [0, 0.05) is 16.6 Å². The van der Waals surface area contributed by atoms with E-state index in [1.165, 1.54) is 24.3 Å². The van der Waals surface area contributed by atoms with E-state index in [1.807, 2.05) is 0 Å². The molecule has 0 unspecified atom stereocenters. The summed E-state index contributed by atoms with van der Waals surface area (Å²) < 4.78 is 39.9. The van der Waals surface area contributed by atoms with E-state index in [-0.39, 0.29) is 27.2 Å². The highest BCUT2D eigenvalue weighted by atomic mass is 35.5. The minimum Gasteiger partial charge on any atom is -0.326 e. The Kier molecular flexibility index (Phi) is 4.73. The first-order chi connectivity index (χ1) is 9.81. The third-order valence-corrected chi connectivity index (χ3v) is 4.62. The van der Waals surface area contributed by atoms with E-state index < -0.39 is 15.8 Å². The Morgan fingerprint density at radius 3 is 2.43 bits per heavy atom. The van der Waals surface area contributed by atoms with Gasteiger partial charge in [-0.1, -0.05) is 29.3 Å². The summed E-state index contributed by atoms with van der Waals surface area (Å²) in [5.41, 5.74) is 6.12. The maximum atomic E-state index is 13.2. The summed E-state index contributed by atoms with van der Waals surface area (Å²) in [4.78, 5) is -0.0508. The quantitative estimate of drug-likeness (QED) is 0.889. The van der Waals surface area contributed by atoms with Crippen LogP contribution in [-0.4, -0.2) is 8.42 Å². The number of benzene rings is 2. The molecular formula is C13H11Cl2FN2O2S. The van der Waals surface area contributed by atoms with Crippen LogP contribution in [0, 0.1) is 5.82 Å². The molecule has 0 bridgehead atoms. The topological polar surface area (TPSA) is 72.2 Å². The molecule has 2 rings (SSSR count). The second-order valence-corrected chi connectivity index (χ2v) is 6.75. The zero-order valence-corrected chi connectivity index (χ0v) is 12.9. The molecule has 112 valence electrons. The van der Waals surface area contributed by atoms with Gasteiger partial charge in [-0.15, -0.1) is 0 Å². The molecule has 0 aliphatic carbocycles. The average Bonchev–Trinajstić information content (AvgIpc) is 2.36. The first kappa shape index (κ1) is 16.0. The molecule has 21 heavy (non-hydrogen) atoms. The molecule has 0 aliphatic rings. The van der Waals surface area contributed by atoms with Gasteiger partial charge in [0.05, 0.1) is 10.6 Å². The summed E-state index contributed by atoms with van der Waals surface area (Å²) >= 11 is 11.6. The number of sulfonamides is 1. The lowest BCUT2D eigenvalue weighted by Crippen LogP contribution is -2.13. The number of nitrogens with one attached hydrogen (secondary N) is 1. The molecule has 0 heterocycles. The van der Waals surface area contributed by atoms with Crippen LogP contribution in [0.5, 0.6) is 0 Å². The highest BCUT2D eigenvalue weighted by Gasteiger charge is 2.16. The van der Waals surface area contributed by atoms with Gasteiger partial charge in [-0.3, -0.25) is 4.72 Å². The number of halogens is 3. The lowest BCUT2D eigenvalue weighted by molar-refractivity contribution is 0.601. The molecule has 2 aromatic carbocycles. The zero-order chi connectivity index (χ0) is 15.6. The highest BCUT2D eigenvalue weighted by Crippen LogP contribution is 2.24. The summed E-state index contributed by atoms with van der Waals surface area (Å²) in [6.07, 6.45) is 0. The van der Waals surface area contributed by atoms with Crippen molar-refractivity contribution in [1.82, 2.24) is 0 Å². The molecular weight excluding hydrogens is 338 g/mol. The van der Waals surface area contributed by atoms with Crippen LogP contribution in [-0.2, 0) is 16.6 Å². The fraction of sp³-hybridized carbons (Fsp3) is 0.0769. The van der Waals surface area contributed by atoms with Gasteiger partial charge in [0.25, 0.3) is 10.0 Å². The van der Waals surface area contributed by atoms with Crippen molar-refractivity contribution in [2.75, 3.05) is 4.72 Å². The summed E-state index contributed by atoms with van der Waals surface area (Å²) in [5, 5.41) is 0.335. The monoisotopic (exact) mass is 348 g/mol. The van der Waals surface area contributed by atoms with Crippen molar-refractivity contribution in [1.29, 1.82) is 0 Å². The van der Waals surface area contributed by atoms with E-state index in [1.54, 1.807) is 0 Å². The van der Waals surface area contributed by atoms with E-state index in [0.29, 0.717) is 5.56 Å². The smallest absolute Gasteiger partial charge is 0.261 e. The molecule has 8 heteroatoms. The second-order valence-electron chi connectivity index (χ2n) is 4.22. The van der Waals surface area contributed by atoms with E-state index in [4.69, 9.17) is 28.9 Å². The van der Waals surface area contributed by atoms with Crippen molar-refractivity contribution >= 4 is 38.9 Å². The van der Waals surface area contributed by atoms with E-state index in [9.17, 15) is 12.8 Å². The molecule has 0 atom stereocenters. The van der Waals surface area contributed by atoms with Crippen molar-refractivity contribution in [2.24, 2.45) is 5.73 Å². The molecule has 0 radical (unpaired) electrons. The Hall–Kier alpha value is -1.34. The molecule has 0 spiro atoms. The van der Waals surface area contributed by atoms with E-state index >= 15 is 0 Å². The molecule has 0 saturated carbocycles. The number of rotatable bonds is 4. The Morgan fingerprint density at radius 1 is 1.14 bits per heavy atom. The normalized spacial score (nSPS) is 11.4. The van der Waals surface area contributed by atoms with Gasteiger partial charge in [-0.05, 0) is 35.9 Å². The summed E-state index contributed by atoms with van der Waals surface area (Å²) in [7, 11) is -3.89. The van der Waals surface area contributed by atoms with Crippen LogP contribution >= 0.6 is 23.2 Å². The summed E-state index contributed by atoms with van der Waals surface area (Å²) in [6.45, 7) is 0.200. The van der Waals surface area contributed by atoms with Crippen molar-refractivity contribution in [3.63, 3.8) is 0 Å². The van der Waals surface area contributed by atoms with Crippen LogP contribution < -0.4 is 10.5 Å². The largest absolute Gasteiger partial charge is 0.326 e. The Labute approximate surface area is 131 Å². The predicted molar refractivity (Wildman–Crippen MR) is 81.6 cm³/mol. The standard InChI is InChI=1S/C13H11Cl2FN2O2S/c14-9-3-10(16)5-11(4-9)18-21(19,20)12-2-1-8(7-17)13(15)6-12/h1-6,18H,7,17H2. The molecule has 0 aromatic heterocycles. The molecule has 4 nitrogen and oxygen atoms in total. The van der Waals surface area contributed by atoms with Crippen LogP contribution in [0.4, 0.5) is 10.1 Å². The third-order valence-electron chi connectivity index (χ3n) is 2.67. The van der Waals surface area contributed by atoms with Gasteiger partial charge >= 0.3 is 0 Å². The Balaban J connectivity index is 2.36. The van der Waals surface area contributed by atoms with Crippen LogP contribution in [0.2, 0.25) is 10.0 Å². The average molecular weight is 349 g/mol. The lowest BCUT2D eigenvalue weighted by atomic mass is 10.2. The van der Waals surface area contributed by atoms with Gasteiger partial charge in [0.2, 0.25) is 0 Å². The van der Waals surface area contributed by atoms with Crippen molar-refractivity contribution in [3.05, 3.63) is 57.8 Å². The summed E-state index contributed by atoms with van der Waals surface area (Å²) in [6, 6.07) is 7.59. The minimum atomic E-state index is -3.89. The Bertz CT molecular complexity index is 761. The maximum absolute atomic E-state index is 13.2. The van der Waals surface area contributed by atoms with Gasteiger partial charge in [-0.25, -0.2) is 12.8 Å². The van der Waals surface area contributed by atoms with Crippen LogP contribution in [0.3, 0.4) is 0 Å². The lowest BCUT2D eigenvalue weighted by Gasteiger charge is -2.10. The molecule has 0 aliphatic heterocycles. The van der Waals surface area contributed by atoms with Gasteiger partial charge < -0.3 is 5.73 Å². The fourth-order valence-corrected chi connectivity index (χ4v) is 3.30. The molecule has 3 N–H and O–H groups in total. The van der Waals surface area contributed by atoms with E-state index in [0.717, 1.165) is 12.1 Å². The number of nitrogens with two attached hydrogens (primary N) is 1. The van der Waals surface area contributed by atoms with E-state index in [2.05, 4.69) is 4.72 Å². The Morgan fingerprint density at radius 2 is 1.86 bits per heavy atom. The molecule has 0 saturated heterocycles. The number of anilines is 1. The fourth-order valence-electron chi connectivity index (χ4n) is 1.69. The van der Waals surface area contributed by atoms with Crippen molar-refractivity contribution in [2.45, 2.75) is 11.4 Å². The molecule has 0 fully saturated rings. The zero-order valence-electron chi connectivity index (χ0n) is 10.6.